The molecule has 6 nitrogen and oxygen atoms in total. The summed E-state index contributed by atoms with van der Waals surface area (Å²) in [6, 6.07) is 17.6. The summed E-state index contributed by atoms with van der Waals surface area (Å²) in [5.41, 5.74) is 2.72. The van der Waals surface area contributed by atoms with Crippen LogP contribution in [-0.2, 0) is 6.61 Å². The zero-order chi connectivity index (χ0) is 18.6. The molecule has 27 heavy (non-hydrogen) atoms. The summed E-state index contributed by atoms with van der Waals surface area (Å²) >= 11 is 0. The molecule has 0 fully saturated rings. The number of pyridine rings is 1. The van der Waals surface area contributed by atoms with Crippen molar-refractivity contribution in [1.29, 1.82) is 0 Å². The van der Waals surface area contributed by atoms with Crippen LogP contribution in [0, 0.1) is 6.92 Å². The summed E-state index contributed by atoms with van der Waals surface area (Å²) in [6.07, 6.45) is 0. The molecule has 4 aromatic rings. The average molecular weight is 361 g/mol. The quantitative estimate of drug-likeness (QED) is 0.501. The van der Waals surface area contributed by atoms with Gasteiger partial charge in [-0.25, -0.2) is 4.98 Å². The molecule has 136 valence electrons. The van der Waals surface area contributed by atoms with Crippen LogP contribution < -0.4 is 9.47 Å². The van der Waals surface area contributed by atoms with Crippen molar-refractivity contribution in [3.05, 3.63) is 66.1 Å². The maximum Gasteiger partial charge on any atom is 0.264 e. The van der Waals surface area contributed by atoms with Gasteiger partial charge in [-0.2, -0.15) is 4.98 Å². The van der Waals surface area contributed by atoms with Crippen LogP contribution in [0.2, 0.25) is 0 Å². The summed E-state index contributed by atoms with van der Waals surface area (Å²) in [4.78, 5) is 9.06. The number of aromatic nitrogens is 3. The minimum absolute atomic E-state index is 0.196. The Labute approximate surface area is 156 Å². The monoisotopic (exact) mass is 361 g/mol. The molecule has 4 rings (SSSR count). The lowest BCUT2D eigenvalue weighted by Gasteiger charge is -2.08. The molecule has 6 heteroatoms. The number of hydrogen-bond donors (Lipinski definition) is 0. The van der Waals surface area contributed by atoms with Crippen molar-refractivity contribution in [1.82, 2.24) is 15.1 Å². The molecule has 0 aliphatic rings. The third-order valence-corrected chi connectivity index (χ3v) is 4.03. The smallest absolute Gasteiger partial charge is 0.264 e. The van der Waals surface area contributed by atoms with E-state index in [1.807, 2.05) is 62.4 Å². The number of nitrogens with zero attached hydrogens (tertiary/aromatic N) is 3. The predicted octanol–water partition coefficient (Wildman–Crippen LogP) is 4.57. The van der Waals surface area contributed by atoms with Gasteiger partial charge in [0.1, 0.15) is 5.75 Å². The van der Waals surface area contributed by atoms with Crippen molar-refractivity contribution in [3.8, 4) is 23.0 Å². The lowest BCUT2D eigenvalue weighted by Crippen LogP contribution is -1.99. The first-order valence-electron chi connectivity index (χ1n) is 8.78. The van der Waals surface area contributed by atoms with E-state index in [2.05, 4.69) is 21.2 Å². The van der Waals surface area contributed by atoms with Gasteiger partial charge in [-0.1, -0.05) is 35.0 Å². The molecular weight excluding hydrogens is 342 g/mol. The summed E-state index contributed by atoms with van der Waals surface area (Å²) in [5.74, 6) is 2.06. The van der Waals surface area contributed by atoms with E-state index in [0.717, 1.165) is 22.2 Å². The minimum Gasteiger partial charge on any atom is -0.484 e. The van der Waals surface area contributed by atoms with Crippen molar-refractivity contribution in [2.75, 3.05) is 6.61 Å². The SMILES string of the molecule is CCOc1nc2ccc(C)cc2cc1-c1noc(COc2ccccc2)n1. The average Bonchev–Trinajstić information content (AvgIpc) is 3.16. The molecule has 0 spiro atoms. The van der Waals surface area contributed by atoms with E-state index < -0.39 is 0 Å². The van der Waals surface area contributed by atoms with Crippen LogP contribution in [0.4, 0.5) is 0 Å². The molecule has 0 saturated carbocycles. The Morgan fingerprint density at radius 1 is 0.963 bits per heavy atom. The van der Waals surface area contributed by atoms with Gasteiger partial charge in [0.05, 0.1) is 17.7 Å². The molecule has 0 aliphatic carbocycles. The van der Waals surface area contributed by atoms with Crippen LogP contribution in [0.25, 0.3) is 22.3 Å². The molecule has 0 amide bonds. The first-order valence-corrected chi connectivity index (χ1v) is 8.78. The van der Waals surface area contributed by atoms with Crippen LogP contribution in [-0.4, -0.2) is 21.7 Å². The van der Waals surface area contributed by atoms with E-state index in [0.29, 0.717) is 29.8 Å². The van der Waals surface area contributed by atoms with Crippen molar-refractivity contribution in [3.63, 3.8) is 0 Å². The number of benzene rings is 2. The number of hydrogen-bond acceptors (Lipinski definition) is 6. The Bertz CT molecular complexity index is 1060. The van der Waals surface area contributed by atoms with Gasteiger partial charge in [0.15, 0.2) is 6.61 Å². The molecule has 2 aromatic heterocycles. The fraction of sp³-hybridized carbons (Fsp3) is 0.190. The second kappa shape index (κ2) is 7.45. The molecule has 0 radical (unpaired) electrons. The standard InChI is InChI=1S/C21H19N3O3/c1-3-25-21-17(12-15-11-14(2)9-10-18(15)22-21)20-23-19(27-24-20)13-26-16-7-5-4-6-8-16/h4-12H,3,13H2,1-2H3. The third kappa shape index (κ3) is 3.74. The van der Waals surface area contributed by atoms with Gasteiger partial charge in [0, 0.05) is 5.39 Å². The van der Waals surface area contributed by atoms with Crippen LogP contribution in [0.5, 0.6) is 11.6 Å². The highest BCUT2D eigenvalue weighted by atomic mass is 16.5. The summed E-state index contributed by atoms with van der Waals surface area (Å²) < 4.78 is 16.7. The maximum absolute atomic E-state index is 5.70. The Balaban J connectivity index is 1.64. The number of aryl methyl sites for hydroxylation is 1. The molecular formula is C21H19N3O3. The van der Waals surface area contributed by atoms with E-state index in [4.69, 9.17) is 14.0 Å². The van der Waals surface area contributed by atoms with E-state index in [9.17, 15) is 0 Å². The van der Waals surface area contributed by atoms with Crippen molar-refractivity contribution in [2.45, 2.75) is 20.5 Å². The Kier molecular flexibility index (Phi) is 4.70. The Hall–Kier alpha value is -3.41. The van der Waals surface area contributed by atoms with E-state index in [1.165, 1.54) is 0 Å². The first kappa shape index (κ1) is 17.0. The van der Waals surface area contributed by atoms with Crippen molar-refractivity contribution >= 4 is 10.9 Å². The fourth-order valence-electron chi connectivity index (χ4n) is 2.77. The Morgan fingerprint density at radius 3 is 2.63 bits per heavy atom. The van der Waals surface area contributed by atoms with Gasteiger partial charge < -0.3 is 14.0 Å². The first-order chi connectivity index (χ1) is 13.2. The zero-order valence-corrected chi connectivity index (χ0v) is 15.2. The van der Waals surface area contributed by atoms with E-state index in [1.54, 1.807) is 0 Å². The van der Waals surface area contributed by atoms with Gasteiger partial charge in [-0.15, -0.1) is 0 Å². The molecule has 0 bridgehead atoms. The normalized spacial score (nSPS) is 10.9. The van der Waals surface area contributed by atoms with Gasteiger partial charge in [0.25, 0.3) is 5.89 Å². The lowest BCUT2D eigenvalue weighted by molar-refractivity contribution is 0.243. The van der Waals surface area contributed by atoms with Crippen molar-refractivity contribution in [2.24, 2.45) is 0 Å². The van der Waals surface area contributed by atoms with Gasteiger partial charge in [0.2, 0.25) is 11.7 Å². The van der Waals surface area contributed by atoms with Crippen LogP contribution in [0.15, 0.2) is 59.1 Å². The molecule has 0 atom stereocenters. The van der Waals surface area contributed by atoms with E-state index >= 15 is 0 Å². The molecule has 0 unspecified atom stereocenters. The second-order valence-corrected chi connectivity index (χ2v) is 6.08. The largest absolute Gasteiger partial charge is 0.484 e. The molecule has 2 aromatic carbocycles. The van der Waals surface area contributed by atoms with E-state index in [-0.39, 0.29) is 6.61 Å². The third-order valence-electron chi connectivity index (χ3n) is 4.03. The topological polar surface area (TPSA) is 70.3 Å². The number of para-hydroxylation sites is 1. The van der Waals surface area contributed by atoms with Crippen LogP contribution in [0.3, 0.4) is 0 Å². The van der Waals surface area contributed by atoms with Crippen LogP contribution >= 0.6 is 0 Å². The summed E-state index contributed by atoms with van der Waals surface area (Å²) in [5, 5.41) is 5.09. The van der Waals surface area contributed by atoms with Gasteiger partial charge in [-0.05, 0) is 44.2 Å². The molecule has 2 heterocycles. The number of fused-ring (bicyclic) bond motifs is 1. The summed E-state index contributed by atoms with van der Waals surface area (Å²) in [6.45, 7) is 4.66. The fourth-order valence-corrected chi connectivity index (χ4v) is 2.77. The highest BCUT2D eigenvalue weighted by Gasteiger charge is 2.17. The predicted molar refractivity (Wildman–Crippen MR) is 102 cm³/mol. The van der Waals surface area contributed by atoms with Crippen LogP contribution in [0.1, 0.15) is 18.4 Å². The zero-order valence-electron chi connectivity index (χ0n) is 15.2. The van der Waals surface area contributed by atoms with Crippen molar-refractivity contribution < 1.29 is 14.0 Å². The Morgan fingerprint density at radius 2 is 1.81 bits per heavy atom. The number of rotatable bonds is 6. The second-order valence-electron chi connectivity index (χ2n) is 6.08. The summed E-state index contributed by atoms with van der Waals surface area (Å²) in [7, 11) is 0. The minimum atomic E-state index is 0.196. The molecule has 0 saturated heterocycles. The van der Waals surface area contributed by atoms with Gasteiger partial charge >= 0.3 is 0 Å². The highest BCUT2D eigenvalue weighted by molar-refractivity contribution is 5.85. The molecule has 0 N–H and O–H groups in total. The maximum atomic E-state index is 5.70. The number of ether oxygens (including phenoxy) is 2. The highest BCUT2D eigenvalue weighted by Crippen LogP contribution is 2.30. The van der Waals surface area contributed by atoms with Gasteiger partial charge in [-0.3, -0.25) is 0 Å². The lowest BCUT2D eigenvalue weighted by atomic mass is 10.1. The molecule has 0 aliphatic heterocycles.